The summed E-state index contributed by atoms with van der Waals surface area (Å²) in [6, 6.07) is 13.5. The van der Waals surface area contributed by atoms with Crippen LogP contribution >= 0.6 is 27.3 Å². The molecule has 112 valence electrons. The van der Waals surface area contributed by atoms with Gasteiger partial charge in [-0.2, -0.15) is 0 Å². The minimum atomic E-state index is 0.184. The lowest BCUT2D eigenvalue weighted by Crippen LogP contribution is -2.30. The Hall–Kier alpha value is -1.23. The second-order valence-corrected chi connectivity index (χ2v) is 8.50. The van der Waals surface area contributed by atoms with Gasteiger partial charge in [-0.1, -0.05) is 12.1 Å². The Balaban J connectivity index is 1.59. The molecular weight excluding hydrogens is 356 g/mol. The second-order valence-electron chi connectivity index (χ2n) is 6.03. The molecule has 1 saturated carbocycles. The van der Waals surface area contributed by atoms with Gasteiger partial charge in [0.15, 0.2) is 0 Å². The van der Waals surface area contributed by atoms with Crippen LogP contribution in [0, 0.1) is 0 Å². The highest BCUT2D eigenvalue weighted by atomic mass is 79.9. The number of rotatable bonds is 4. The van der Waals surface area contributed by atoms with Crippen LogP contribution < -0.4 is 5.32 Å². The van der Waals surface area contributed by atoms with Crippen molar-refractivity contribution in [2.75, 3.05) is 0 Å². The molecule has 1 aliphatic rings. The summed E-state index contributed by atoms with van der Waals surface area (Å²) in [6.45, 7) is 2.26. The molecule has 0 saturated heterocycles. The number of halogens is 1. The summed E-state index contributed by atoms with van der Waals surface area (Å²) in [5.41, 5.74) is 1.52. The van der Waals surface area contributed by atoms with Crippen LogP contribution in [0.15, 0.2) is 52.6 Å². The molecule has 1 N–H and O–H groups in total. The first kappa shape index (κ1) is 14.4. The van der Waals surface area contributed by atoms with Crippen LogP contribution in [-0.4, -0.2) is 4.98 Å². The first-order valence-electron chi connectivity index (χ1n) is 7.53. The zero-order chi connectivity index (χ0) is 15.2. The van der Waals surface area contributed by atoms with Gasteiger partial charge in [0, 0.05) is 28.7 Å². The van der Waals surface area contributed by atoms with E-state index < -0.39 is 0 Å². The van der Waals surface area contributed by atoms with Crippen LogP contribution in [0.1, 0.15) is 36.2 Å². The van der Waals surface area contributed by atoms with Gasteiger partial charge in [0.05, 0.1) is 9.33 Å². The van der Waals surface area contributed by atoms with Gasteiger partial charge in [-0.05, 0) is 70.9 Å². The number of nitrogens with one attached hydrogen (secondary N) is 1. The third kappa shape index (κ3) is 2.60. The van der Waals surface area contributed by atoms with Crippen LogP contribution in [-0.2, 0) is 5.54 Å². The largest absolute Gasteiger partial charge is 0.300 e. The predicted molar refractivity (Wildman–Crippen MR) is 96.2 cm³/mol. The van der Waals surface area contributed by atoms with Gasteiger partial charge in [0.1, 0.15) is 0 Å². The molecule has 4 heteroatoms. The van der Waals surface area contributed by atoms with Gasteiger partial charge >= 0.3 is 0 Å². The quantitative estimate of drug-likeness (QED) is 0.663. The van der Waals surface area contributed by atoms with Crippen molar-refractivity contribution in [1.29, 1.82) is 0 Å². The van der Waals surface area contributed by atoms with Crippen molar-refractivity contribution in [2.45, 2.75) is 31.3 Å². The summed E-state index contributed by atoms with van der Waals surface area (Å²) >= 11 is 5.42. The van der Waals surface area contributed by atoms with Crippen molar-refractivity contribution in [1.82, 2.24) is 10.3 Å². The summed E-state index contributed by atoms with van der Waals surface area (Å²) < 4.78 is 1.21. The van der Waals surface area contributed by atoms with E-state index in [1.54, 1.807) is 0 Å². The van der Waals surface area contributed by atoms with Crippen LogP contribution in [0.3, 0.4) is 0 Å². The summed E-state index contributed by atoms with van der Waals surface area (Å²) in [5.74, 6) is 0. The van der Waals surface area contributed by atoms with Gasteiger partial charge in [-0.3, -0.25) is 4.98 Å². The fourth-order valence-corrected chi connectivity index (χ4v) is 4.62. The van der Waals surface area contributed by atoms with E-state index in [-0.39, 0.29) is 5.54 Å². The highest BCUT2D eigenvalue weighted by Gasteiger charge is 2.46. The van der Waals surface area contributed by atoms with Crippen molar-refractivity contribution in [3.05, 3.63) is 63.0 Å². The molecular formula is C18H17BrN2S. The van der Waals surface area contributed by atoms with Crippen LogP contribution in [0.5, 0.6) is 0 Å². The Morgan fingerprint density at radius 1 is 1.18 bits per heavy atom. The van der Waals surface area contributed by atoms with E-state index in [4.69, 9.17) is 0 Å². The standard InChI is InChI=1S/C18H17BrN2S/c1-12(13-2-3-15-11-20-9-6-14(15)10-13)21-18(7-8-18)16-4-5-17(19)22-16/h2-6,9-12,21H,7-8H2,1H3. The van der Waals surface area contributed by atoms with Crippen molar-refractivity contribution in [3.8, 4) is 0 Å². The molecule has 2 nitrogen and oxygen atoms in total. The maximum Gasteiger partial charge on any atom is 0.0702 e. The lowest BCUT2D eigenvalue weighted by Gasteiger charge is -2.22. The average Bonchev–Trinajstić information content (AvgIpc) is 3.18. The lowest BCUT2D eigenvalue weighted by molar-refractivity contribution is 0.457. The lowest BCUT2D eigenvalue weighted by atomic mass is 10.0. The molecule has 1 aliphatic carbocycles. The molecule has 1 unspecified atom stereocenters. The van der Waals surface area contributed by atoms with Crippen molar-refractivity contribution < 1.29 is 0 Å². The third-order valence-corrected chi connectivity index (χ3v) is 6.28. The smallest absolute Gasteiger partial charge is 0.0702 e. The Labute approximate surface area is 142 Å². The molecule has 4 rings (SSSR count). The Bertz CT molecular complexity index is 823. The number of hydrogen-bond donors (Lipinski definition) is 1. The van der Waals surface area contributed by atoms with E-state index in [9.17, 15) is 0 Å². The van der Waals surface area contributed by atoms with Crippen LogP contribution in [0.2, 0.25) is 0 Å². The number of benzene rings is 1. The number of thiophene rings is 1. The first-order chi connectivity index (χ1) is 10.7. The van der Waals surface area contributed by atoms with E-state index >= 15 is 0 Å². The highest BCUT2D eigenvalue weighted by Crippen LogP contribution is 2.50. The number of aromatic nitrogens is 1. The minimum absolute atomic E-state index is 0.184. The van der Waals surface area contributed by atoms with E-state index in [2.05, 4.69) is 69.6 Å². The molecule has 0 radical (unpaired) electrons. The molecule has 0 bridgehead atoms. The third-order valence-electron chi connectivity index (χ3n) is 4.45. The summed E-state index contributed by atoms with van der Waals surface area (Å²) in [6.07, 6.45) is 6.22. The van der Waals surface area contributed by atoms with Gasteiger partial charge < -0.3 is 5.32 Å². The molecule has 22 heavy (non-hydrogen) atoms. The fraction of sp³-hybridized carbons (Fsp3) is 0.278. The number of pyridine rings is 1. The Kier molecular flexibility index (Phi) is 3.56. The summed E-state index contributed by atoms with van der Waals surface area (Å²) in [5, 5.41) is 6.30. The SMILES string of the molecule is CC(NC1(c2ccc(Br)s2)CC1)c1ccc2cnccc2c1. The van der Waals surface area contributed by atoms with E-state index in [0.717, 1.165) is 0 Å². The van der Waals surface area contributed by atoms with E-state index in [1.165, 1.54) is 37.8 Å². The Morgan fingerprint density at radius 3 is 2.77 bits per heavy atom. The molecule has 0 aliphatic heterocycles. The molecule has 3 aromatic rings. The zero-order valence-corrected chi connectivity index (χ0v) is 14.7. The normalized spacial score (nSPS) is 17.5. The molecule has 2 aromatic heterocycles. The summed E-state index contributed by atoms with van der Waals surface area (Å²) in [7, 11) is 0. The van der Waals surface area contributed by atoms with Gasteiger partial charge in [-0.15, -0.1) is 11.3 Å². The Morgan fingerprint density at radius 2 is 2.05 bits per heavy atom. The zero-order valence-electron chi connectivity index (χ0n) is 12.3. The second kappa shape index (κ2) is 5.44. The fourth-order valence-electron chi connectivity index (χ4n) is 3.03. The molecule has 1 atom stereocenters. The highest BCUT2D eigenvalue weighted by molar-refractivity contribution is 9.11. The van der Waals surface area contributed by atoms with E-state index in [1.807, 2.05) is 23.7 Å². The minimum Gasteiger partial charge on any atom is -0.300 e. The van der Waals surface area contributed by atoms with Gasteiger partial charge in [-0.25, -0.2) is 0 Å². The topological polar surface area (TPSA) is 24.9 Å². The molecule has 0 amide bonds. The number of hydrogen-bond acceptors (Lipinski definition) is 3. The van der Waals surface area contributed by atoms with E-state index in [0.29, 0.717) is 6.04 Å². The molecule has 1 aromatic carbocycles. The van der Waals surface area contributed by atoms with Crippen LogP contribution in [0.25, 0.3) is 10.8 Å². The molecule has 2 heterocycles. The average molecular weight is 373 g/mol. The molecule has 1 fully saturated rings. The van der Waals surface area contributed by atoms with Crippen LogP contribution in [0.4, 0.5) is 0 Å². The number of nitrogens with zero attached hydrogens (tertiary/aromatic N) is 1. The van der Waals surface area contributed by atoms with Gasteiger partial charge in [0.2, 0.25) is 0 Å². The number of fused-ring (bicyclic) bond motifs is 1. The maximum atomic E-state index is 4.18. The van der Waals surface area contributed by atoms with Crippen molar-refractivity contribution in [2.24, 2.45) is 0 Å². The summed E-state index contributed by atoms with van der Waals surface area (Å²) in [4.78, 5) is 5.62. The van der Waals surface area contributed by atoms with Crippen molar-refractivity contribution in [3.63, 3.8) is 0 Å². The van der Waals surface area contributed by atoms with Gasteiger partial charge in [0.25, 0.3) is 0 Å². The predicted octanol–water partition coefficient (Wildman–Crippen LogP) is 5.40. The maximum absolute atomic E-state index is 4.18. The monoisotopic (exact) mass is 372 g/mol. The first-order valence-corrected chi connectivity index (χ1v) is 9.14. The van der Waals surface area contributed by atoms with Crippen molar-refractivity contribution >= 4 is 38.0 Å². The molecule has 0 spiro atoms.